The number of anilines is 1. The van der Waals surface area contributed by atoms with Gasteiger partial charge < -0.3 is 5.32 Å². The molecule has 4 nitrogen and oxygen atoms in total. The van der Waals surface area contributed by atoms with E-state index in [-0.39, 0.29) is 0 Å². The van der Waals surface area contributed by atoms with E-state index in [9.17, 15) is 0 Å². The summed E-state index contributed by atoms with van der Waals surface area (Å²) in [5.41, 5.74) is 1.08. The number of nitrogens with zero attached hydrogens (tertiary/aromatic N) is 3. The van der Waals surface area contributed by atoms with Crippen LogP contribution in [0.2, 0.25) is 0 Å². The van der Waals surface area contributed by atoms with Crippen LogP contribution in [0.15, 0.2) is 36.8 Å². The van der Waals surface area contributed by atoms with Gasteiger partial charge in [0.05, 0.1) is 5.69 Å². The largest absolute Gasteiger partial charge is 0.379 e. The Balaban J connectivity index is 1.66. The van der Waals surface area contributed by atoms with Crippen LogP contribution in [0.1, 0.15) is 45.4 Å². The minimum atomic E-state index is 0.566. The van der Waals surface area contributed by atoms with Gasteiger partial charge in [0.1, 0.15) is 0 Å². The van der Waals surface area contributed by atoms with Gasteiger partial charge in [-0.15, -0.1) is 0 Å². The molecule has 3 rings (SSSR count). The lowest BCUT2D eigenvalue weighted by Crippen LogP contribution is -2.26. The highest BCUT2D eigenvalue weighted by atomic mass is 15.3. The first-order chi connectivity index (χ1) is 10.4. The summed E-state index contributed by atoms with van der Waals surface area (Å²) in [6, 6.07) is 6.57. The summed E-state index contributed by atoms with van der Waals surface area (Å²) in [4.78, 5) is 4.47. The second-order valence-electron chi connectivity index (χ2n) is 5.98. The van der Waals surface area contributed by atoms with E-state index in [0.29, 0.717) is 6.04 Å². The van der Waals surface area contributed by atoms with E-state index in [1.165, 1.54) is 38.5 Å². The quantitative estimate of drug-likeness (QED) is 0.901. The molecule has 112 valence electrons. The number of aromatic nitrogens is 3. The Hall–Kier alpha value is -1.84. The van der Waals surface area contributed by atoms with Gasteiger partial charge in [-0.05, 0) is 49.8 Å². The number of hydrogen-bond acceptors (Lipinski definition) is 3. The fourth-order valence-electron chi connectivity index (χ4n) is 3.31. The zero-order valence-corrected chi connectivity index (χ0v) is 12.7. The lowest BCUT2D eigenvalue weighted by Gasteiger charge is -2.30. The molecule has 0 amide bonds. The monoisotopic (exact) mass is 284 g/mol. The third kappa shape index (κ3) is 3.43. The SMILES string of the molecule is CCCC1CCC(Nc2cccnc2-n2cccn2)CC1. The van der Waals surface area contributed by atoms with Crippen molar-refractivity contribution in [2.75, 3.05) is 5.32 Å². The summed E-state index contributed by atoms with van der Waals surface area (Å²) in [5, 5.41) is 7.97. The minimum absolute atomic E-state index is 0.566. The Morgan fingerprint density at radius 2 is 2.05 bits per heavy atom. The topological polar surface area (TPSA) is 42.7 Å². The van der Waals surface area contributed by atoms with Gasteiger partial charge in [-0.1, -0.05) is 19.8 Å². The van der Waals surface area contributed by atoms with Crippen LogP contribution in [0.25, 0.3) is 5.82 Å². The molecule has 0 bridgehead atoms. The van der Waals surface area contributed by atoms with Crippen LogP contribution in [-0.2, 0) is 0 Å². The van der Waals surface area contributed by atoms with Crippen LogP contribution in [0.4, 0.5) is 5.69 Å². The van der Waals surface area contributed by atoms with Gasteiger partial charge in [-0.2, -0.15) is 5.10 Å². The van der Waals surface area contributed by atoms with E-state index in [1.807, 2.05) is 29.2 Å². The van der Waals surface area contributed by atoms with Crippen LogP contribution < -0.4 is 5.32 Å². The number of rotatable bonds is 5. The van der Waals surface area contributed by atoms with Gasteiger partial charge in [0.15, 0.2) is 5.82 Å². The van der Waals surface area contributed by atoms with Crippen LogP contribution in [-0.4, -0.2) is 20.8 Å². The molecule has 1 aliphatic rings. The third-order valence-electron chi connectivity index (χ3n) is 4.41. The van der Waals surface area contributed by atoms with Gasteiger partial charge in [0, 0.05) is 24.6 Å². The molecule has 1 fully saturated rings. The van der Waals surface area contributed by atoms with Gasteiger partial charge in [0.25, 0.3) is 0 Å². The molecular weight excluding hydrogens is 260 g/mol. The molecule has 2 heterocycles. The molecule has 1 N–H and O–H groups in total. The van der Waals surface area contributed by atoms with Crippen molar-refractivity contribution in [3.8, 4) is 5.82 Å². The van der Waals surface area contributed by atoms with Crippen LogP contribution >= 0.6 is 0 Å². The summed E-state index contributed by atoms with van der Waals surface area (Å²) in [7, 11) is 0. The van der Waals surface area contributed by atoms with Gasteiger partial charge in [-0.25, -0.2) is 9.67 Å². The minimum Gasteiger partial charge on any atom is -0.379 e. The maximum Gasteiger partial charge on any atom is 0.176 e. The molecule has 0 radical (unpaired) electrons. The zero-order valence-electron chi connectivity index (χ0n) is 12.7. The van der Waals surface area contributed by atoms with Crippen molar-refractivity contribution in [3.63, 3.8) is 0 Å². The first-order valence-corrected chi connectivity index (χ1v) is 8.08. The summed E-state index contributed by atoms with van der Waals surface area (Å²) < 4.78 is 1.82. The maximum atomic E-state index is 4.47. The molecule has 2 aromatic rings. The van der Waals surface area contributed by atoms with Crippen molar-refractivity contribution < 1.29 is 0 Å². The fraction of sp³-hybridized carbons (Fsp3) is 0.529. The van der Waals surface area contributed by atoms with E-state index in [1.54, 1.807) is 6.20 Å². The second-order valence-corrected chi connectivity index (χ2v) is 5.98. The van der Waals surface area contributed by atoms with E-state index < -0.39 is 0 Å². The highest BCUT2D eigenvalue weighted by Gasteiger charge is 2.21. The number of nitrogens with one attached hydrogen (secondary N) is 1. The third-order valence-corrected chi connectivity index (χ3v) is 4.41. The average molecular weight is 284 g/mol. The molecule has 0 aromatic carbocycles. The normalized spacial score (nSPS) is 22.1. The summed E-state index contributed by atoms with van der Waals surface area (Å²) in [6.45, 7) is 2.29. The van der Waals surface area contributed by atoms with E-state index in [4.69, 9.17) is 0 Å². The van der Waals surface area contributed by atoms with E-state index in [0.717, 1.165) is 17.4 Å². The van der Waals surface area contributed by atoms with Crippen LogP contribution in [0.3, 0.4) is 0 Å². The van der Waals surface area contributed by atoms with Gasteiger partial charge in [0.2, 0.25) is 0 Å². The van der Waals surface area contributed by atoms with Crippen molar-refractivity contribution in [1.29, 1.82) is 0 Å². The average Bonchev–Trinajstić information content (AvgIpc) is 3.04. The first-order valence-electron chi connectivity index (χ1n) is 8.08. The van der Waals surface area contributed by atoms with Crippen LogP contribution in [0.5, 0.6) is 0 Å². The molecule has 0 aliphatic heterocycles. The lowest BCUT2D eigenvalue weighted by atomic mass is 9.83. The predicted octanol–water partition coefficient (Wildman–Crippen LogP) is 4.04. The van der Waals surface area contributed by atoms with Gasteiger partial charge >= 0.3 is 0 Å². The molecule has 4 heteroatoms. The Kier molecular flexibility index (Phi) is 4.53. The lowest BCUT2D eigenvalue weighted by molar-refractivity contribution is 0.319. The number of pyridine rings is 1. The zero-order chi connectivity index (χ0) is 14.5. The standard InChI is InChI=1S/C17H24N4/c1-2-5-14-7-9-15(10-8-14)20-16-6-3-11-18-17(16)21-13-4-12-19-21/h3-4,6,11-15,20H,2,5,7-10H2,1H3. The summed E-state index contributed by atoms with van der Waals surface area (Å²) >= 11 is 0. The van der Waals surface area contributed by atoms with Crippen molar-refractivity contribution in [1.82, 2.24) is 14.8 Å². The van der Waals surface area contributed by atoms with Gasteiger partial charge in [-0.3, -0.25) is 0 Å². The predicted molar refractivity (Wildman–Crippen MR) is 85.6 cm³/mol. The van der Waals surface area contributed by atoms with E-state index in [2.05, 4.69) is 28.4 Å². The van der Waals surface area contributed by atoms with Crippen molar-refractivity contribution >= 4 is 5.69 Å². The van der Waals surface area contributed by atoms with Crippen molar-refractivity contribution in [2.24, 2.45) is 5.92 Å². The number of hydrogen-bond donors (Lipinski definition) is 1. The Labute approximate surface area is 126 Å². The Bertz CT molecular complexity index is 542. The van der Waals surface area contributed by atoms with Crippen molar-refractivity contribution in [2.45, 2.75) is 51.5 Å². The molecule has 2 aromatic heterocycles. The molecule has 1 aliphatic carbocycles. The molecule has 0 saturated heterocycles. The maximum absolute atomic E-state index is 4.47. The summed E-state index contributed by atoms with van der Waals surface area (Å²) in [5.74, 6) is 1.82. The highest BCUT2D eigenvalue weighted by molar-refractivity contribution is 5.56. The smallest absolute Gasteiger partial charge is 0.176 e. The second kappa shape index (κ2) is 6.74. The first kappa shape index (κ1) is 14.1. The molecule has 21 heavy (non-hydrogen) atoms. The molecule has 0 unspecified atom stereocenters. The Morgan fingerprint density at radius 3 is 2.76 bits per heavy atom. The highest BCUT2D eigenvalue weighted by Crippen LogP contribution is 2.30. The van der Waals surface area contributed by atoms with Crippen LogP contribution in [0, 0.1) is 5.92 Å². The fourth-order valence-corrected chi connectivity index (χ4v) is 3.31. The van der Waals surface area contributed by atoms with Crippen molar-refractivity contribution in [3.05, 3.63) is 36.8 Å². The molecule has 0 spiro atoms. The Morgan fingerprint density at radius 1 is 1.19 bits per heavy atom. The molecular formula is C17H24N4. The molecule has 0 atom stereocenters. The van der Waals surface area contributed by atoms with E-state index >= 15 is 0 Å². The molecule has 1 saturated carbocycles. The summed E-state index contributed by atoms with van der Waals surface area (Å²) in [6.07, 6.45) is 13.5.